The van der Waals surface area contributed by atoms with Crippen LogP contribution in [0.4, 0.5) is 0 Å². The third-order valence-corrected chi connectivity index (χ3v) is 4.54. The molecule has 1 fully saturated rings. The van der Waals surface area contributed by atoms with Crippen LogP contribution in [0.3, 0.4) is 0 Å². The Morgan fingerprint density at radius 1 is 1.25 bits per heavy atom. The van der Waals surface area contributed by atoms with Crippen LogP contribution in [0.1, 0.15) is 43.2 Å². The van der Waals surface area contributed by atoms with E-state index in [9.17, 15) is 0 Å². The molecule has 0 spiro atoms. The van der Waals surface area contributed by atoms with Gasteiger partial charge in [0.1, 0.15) is 0 Å². The van der Waals surface area contributed by atoms with Crippen LogP contribution in [0.5, 0.6) is 0 Å². The molecule has 0 atom stereocenters. The van der Waals surface area contributed by atoms with E-state index in [0.717, 1.165) is 16.6 Å². The van der Waals surface area contributed by atoms with Gasteiger partial charge < -0.3 is 0 Å². The maximum Gasteiger partial charge on any atom is 0.0991 e. The smallest absolute Gasteiger partial charge is 0.0991 e. The van der Waals surface area contributed by atoms with Crippen LogP contribution >= 0.6 is 11.8 Å². The maximum atomic E-state index is 8.82. The molecule has 0 saturated heterocycles. The van der Waals surface area contributed by atoms with Gasteiger partial charge in [-0.15, -0.1) is 0 Å². The zero-order valence-electron chi connectivity index (χ0n) is 9.48. The molecule has 1 aliphatic rings. The van der Waals surface area contributed by atoms with Crippen molar-refractivity contribution >= 4 is 11.8 Å². The van der Waals surface area contributed by atoms with Gasteiger partial charge in [0.2, 0.25) is 0 Å². The van der Waals surface area contributed by atoms with Crippen LogP contribution in [-0.4, -0.2) is 5.25 Å². The SMILES string of the molecule is N#Cc1cccc(CSC2CCCCC2)c1. The second-order valence-corrected chi connectivity index (χ2v) is 5.67. The van der Waals surface area contributed by atoms with Gasteiger partial charge in [-0.05, 0) is 30.5 Å². The van der Waals surface area contributed by atoms with Crippen LogP contribution in [0.2, 0.25) is 0 Å². The predicted molar refractivity (Wildman–Crippen MR) is 69.3 cm³/mol. The van der Waals surface area contributed by atoms with Crippen LogP contribution in [0.15, 0.2) is 24.3 Å². The molecule has 0 heterocycles. The number of rotatable bonds is 3. The minimum atomic E-state index is 0.779. The first-order valence-corrected chi connectivity index (χ1v) is 7.04. The Hall–Kier alpha value is -0.940. The van der Waals surface area contributed by atoms with Gasteiger partial charge in [0.05, 0.1) is 11.6 Å². The highest BCUT2D eigenvalue weighted by molar-refractivity contribution is 7.99. The van der Waals surface area contributed by atoms with E-state index in [1.807, 2.05) is 18.2 Å². The summed E-state index contributed by atoms with van der Waals surface area (Å²) in [5.74, 6) is 1.06. The van der Waals surface area contributed by atoms with Crippen molar-refractivity contribution in [2.45, 2.75) is 43.1 Å². The molecule has 0 aliphatic heterocycles. The van der Waals surface area contributed by atoms with Crippen molar-refractivity contribution in [1.82, 2.24) is 0 Å². The van der Waals surface area contributed by atoms with E-state index in [0.29, 0.717) is 0 Å². The second-order valence-electron chi connectivity index (χ2n) is 4.38. The first-order chi connectivity index (χ1) is 7.88. The van der Waals surface area contributed by atoms with Crippen molar-refractivity contribution in [3.63, 3.8) is 0 Å². The molecule has 1 nitrogen and oxygen atoms in total. The summed E-state index contributed by atoms with van der Waals surface area (Å²) in [7, 11) is 0. The molecule has 2 heteroatoms. The lowest BCUT2D eigenvalue weighted by molar-refractivity contribution is 0.516. The molecular formula is C14H17NS. The Labute approximate surface area is 102 Å². The third-order valence-electron chi connectivity index (χ3n) is 3.09. The fourth-order valence-electron chi connectivity index (χ4n) is 2.18. The molecular weight excluding hydrogens is 214 g/mol. The van der Waals surface area contributed by atoms with Crippen molar-refractivity contribution < 1.29 is 0 Å². The topological polar surface area (TPSA) is 23.8 Å². The molecule has 2 rings (SSSR count). The van der Waals surface area contributed by atoms with E-state index in [-0.39, 0.29) is 0 Å². The summed E-state index contributed by atoms with van der Waals surface area (Å²) in [6, 6.07) is 10.2. The van der Waals surface area contributed by atoms with Crippen molar-refractivity contribution in [3.8, 4) is 6.07 Å². The molecule has 0 amide bonds. The molecule has 1 aromatic rings. The summed E-state index contributed by atoms with van der Waals surface area (Å²) < 4.78 is 0. The highest BCUT2D eigenvalue weighted by Crippen LogP contribution is 2.30. The molecule has 1 aromatic carbocycles. The van der Waals surface area contributed by atoms with E-state index in [2.05, 4.69) is 23.9 Å². The number of benzene rings is 1. The van der Waals surface area contributed by atoms with Gasteiger partial charge in [0.15, 0.2) is 0 Å². The highest BCUT2D eigenvalue weighted by Gasteiger charge is 2.13. The van der Waals surface area contributed by atoms with Crippen molar-refractivity contribution in [1.29, 1.82) is 5.26 Å². The first-order valence-electron chi connectivity index (χ1n) is 5.99. The normalized spacial score (nSPS) is 16.9. The molecule has 0 aromatic heterocycles. The fraction of sp³-hybridized carbons (Fsp3) is 0.500. The minimum Gasteiger partial charge on any atom is -0.192 e. The lowest BCUT2D eigenvalue weighted by Gasteiger charge is -2.20. The van der Waals surface area contributed by atoms with E-state index in [1.54, 1.807) is 0 Å². The summed E-state index contributed by atoms with van der Waals surface area (Å²) in [6.07, 6.45) is 6.97. The molecule has 16 heavy (non-hydrogen) atoms. The zero-order valence-corrected chi connectivity index (χ0v) is 10.3. The predicted octanol–water partition coefficient (Wildman–Crippen LogP) is 4.12. The standard InChI is InChI=1S/C14H17NS/c15-10-12-5-4-6-13(9-12)11-16-14-7-2-1-3-8-14/h4-6,9,14H,1-3,7-8,11H2. The minimum absolute atomic E-state index is 0.779. The van der Waals surface area contributed by atoms with Gasteiger partial charge in [-0.25, -0.2) is 0 Å². The van der Waals surface area contributed by atoms with E-state index < -0.39 is 0 Å². The maximum absolute atomic E-state index is 8.82. The fourth-order valence-corrected chi connectivity index (χ4v) is 3.45. The summed E-state index contributed by atoms with van der Waals surface area (Å²) in [5, 5.41) is 9.67. The molecule has 0 unspecified atom stereocenters. The second kappa shape index (κ2) is 5.96. The quantitative estimate of drug-likeness (QED) is 0.781. The lowest BCUT2D eigenvalue weighted by atomic mass is 10.0. The molecule has 0 radical (unpaired) electrons. The van der Waals surface area contributed by atoms with Gasteiger partial charge in [-0.3, -0.25) is 0 Å². The Balaban J connectivity index is 1.86. The summed E-state index contributed by atoms with van der Waals surface area (Å²) in [5.41, 5.74) is 2.07. The summed E-state index contributed by atoms with van der Waals surface area (Å²) >= 11 is 2.06. The highest BCUT2D eigenvalue weighted by atomic mass is 32.2. The Kier molecular flexibility index (Phi) is 4.30. The van der Waals surface area contributed by atoms with Gasteiger partial charge in [0, 0.05) is 11.0 Å². The van der Waals surface area contributed by atoms with Crippen molar-refractivity contribution in [2.75, 3.05) is 0 Å². The van der Waals surface area contributed by atoms with Gasteiger partial charge in [0.25, 0.3) is 0 Å². The number of thioether (sulfide) groups is 1. The number of nitriles is 1. The summed E-state index contributed by atoms with van der Waals surface area (Å²) in [6.45, 7) is 0. The largest absolute Gasteiger partial charge is 0.192 e. The van der Waals surface area contributed by atoms with E-state index in [4.69, 9.17) is 5.26 Å². The van der Waals surface area contributed by atoms with Crippen molar-refractivity contribution in [3.05, 3.63) is 35.4 Å². The molecule has 1 aliphatic carbocycles. The first kappa shape index (κ1) is 11.5. The third kappa shape index (κ3) is 3.28. The number of hydrogen-bond acceptors (Lipinski definition) is 2. The average molecular weight is 231 g/mol. The van der Waals surface area contributed by atoms with Crippen molar-refractivity contribution in [2.24, 2.45) is 0 Å². The van der Waals surface area contributed by atoms with E-state index >= 15 is 0 Å². The Bertz CT molecular complexity index is 375. The van der Waals surface area contributed by atoms with Gasteiger partial charge >= 0.3 is 0 Å². The number of nitrogens with zero attached hydrogens (tertiary/aromatic N) is 1. The zero-order chi connectivity index (χ0) is 11.2. The monoisotopic (exact) mass is 231 g/mol. The van der Waals surface area contributed by atoms with Gasteiger partial charge in [-0.1, -0.05) is 31.4 Å². The Morgan fingerprint density at radius 2 is 2.06 bits per heavy atom. The van der Waals surface area contributed by atoms with Crippen LogP contribution < -0.4 is 0 Å². The van der Waals surface area contributed by atoms with Crippen LogP contribution in [0.25, 0.3) is 0 Å². The molecule has 0 N–H and O–H groups in total. The number of hydrogen-bond donors (Lipinski definition) is 0. The Morgan fingerprint density at radius 3 is 2.81 bits per heavy atom. The van der Waals surface area contributed by atoms with Crippen LogP contribution in [-0.2, 0) is 5.75 Å². The molecule has 0 bridgehead atoms. The average Bonchev–Trinajstić information content (AvgIpc) is 2.38. The molecule has 1 saturated carbocycles. The lowest BCUT2D eigenvalue weighted by Crippen LogP contribution is -2.08. The van der Waals surface area contributed by atoms with E-state index in [1.165, 1.54) is 37.7 Å². The molecule has 84 valence electrons. The summed E-state index contributed by atoms with van der Waals surface area (Å²) in [4.78, 5) is 0. The van der Waals surface area contributed by atoms with Crippen LogP contribution in [0, 0.1) is 11.3 Å². The van der Waals surface area contributed by atoms with Gasteiger partial charge in [-0.2, -0.15) is 17.0 Å².